The van der Waals surface area contributed by atoms with Crippen LogP contribution >= 0.6 is 11.3 Å². The number of furan rings is 1. The van der Waals surface area contributed by atoms with Crippen LogP contribution in [0.1, 0.15) is 28.0 Å². The number of hydrogen-bond acceptors (Lipinski definition) is 5. The van der Waals surface area contributed by atoms with E-state index in [9.17, 15) is 9.59 Å². The highest BCUT2D eigenvalue weighted by Crippen LogP contribution is 2.29. The number of benzene rings is 1. The molecular formula is C17H15N3O3S. The molecular weight excluding hydrogens is 326 g/mol. The minimum absolute atomic E-state index is 0.119. The van der Waals surface area contributed by atoms with Gasteiger partial charge in [-0.05, 0) is 12.1 Å². The van der Waals surface area contributed by atoms with Crippen molar-refractivity contribution >= 4 is 39.3 Å². The van der Waals surface area contributed by atoms with E-state index in [2.05, 4.69) is 10.3 Å². The predicted octanol–water partition coefficient (Wildman–Crippen LogP) is 3.05. The molecule has 4 rings (SSSR count). The van der Waals surface area contributed by atoms with E-state index in [1.807, 2.05) is 24.3 Å². The maximum atomic E-state index is 12.7. The Morgan fingerprint density at radius 3 is 2.96 bits per heavy atom. The van der Waals surface area contributed by atoms with E-state index in [4.69, 9.17) is 4.42 Å². The van der Waals surface area contributed by atoms with E-state index in [0.717, 1.165) is 16.0 Å². The third kappa shape index (κ3) is 2.67. The summed E-state index contributed by atoms with van der Waals surface area (Å²) in [5.41, 5.74) is 1.67. The molecule has 2 aromatic heterocycles. The average Bonchev–Trinajstić information content (AvgIpc) is 3.15. The van der Waals surface area contributed by atoms with Gasteiger partial charge in [0.15, 0.2) is 10.9 Å². The second kappa shape index (κ2) is 5.76. The number of anilines is 1. The summed E-state index contributed by atoms with van der Waals surface area (Å²) in [6, 6.07) is 9.35. The molecule has 1 aromatic carbocycles. The van der Waals surface area contributed by atoms with Gasteiger partial charge >= 0.3 is 0 Å². The first-order valence-electron chi connectivity index (χ1n) is 7.64. The third-order valence-corrected chi connectivity index (χ3v) is 4.94. The minimum atomic E-state index is -0.142. The van der Waals surface area contributed by atoms with Crippen LogP contribution in [-0.4, -0.2) is 28.2 Å². The van der Waals surface area contributed by atoms with E-state index >= 15 is 0 Å². The Hall–Kier alpha value is -2.67. The van der Waals surface area contributed by atoms with Crippen LogP contribution in [0.15, 0.2) is 34.7 Å². The lowest BCUT2D eigenvalue weighted by atomic mass is 10.1. The van der Waals surface area contributed by atoms with E-state index in [0.29, 0.717) is 36.0 Å². The molecule has 0 fully saturated rings. The molecule has 3 heterocycles. The van der Waals surface area contributed by atoms with Gasteiger partial charge in [-0.25, -0.2) is 4.98 Å². The van der Waals surface area contributed by atoms with Crippen LogP contribution < -0.4 is 5.32 Å². The summed E-state index contributed by atoms with van der Waals surface area (Å²) in [7, 11) is 0. The molecule has 0 radical (unpaired) electrons. The number of nitrogens with zero attached hydrogens (tertiary/aromatic N) is 2. The molecule has 3 aromatic rings. The lowest BCUT2D eigenvalue weighted by Gasteiger charge is -2.25. The highest BCUT2D eigenvalue weighted by Gasteiger charge is 2.27. The number of carbonyl (C=O) groups is 2. The quantitative estimate of drug-likeness (QED) is 0.777. The van der Waals surface area contributed by atoms with Gasteiger partial charge in [0, 0.05) is 30.2 Å². The second-order valence-electron chi connectivity index (χ2n) is 5.70. The van der Waals surface area contributed by atoms with Gasteiger partial charge in [0.1, 0.15) is 5.58 Å². The molecule has 0 spiro atoms. The van der Waals surface area contributed by atoms with E-state index in [-0.39, 0.29) is 11.8 Å². The van der Waals surface area contributed by atoms with Crippen molar-refractivity contribution in [3.05, 3.63) is 46.7 Å². The number of nitrogens with one attached hydrogen (secondary N) is 1. The van der Waals surface area contributed by atoms with Crippen molar-refractivity contribution in [3.63, 3.8) is 0 Å². The SMILES string of the molecule is CC(=O)Nc1nc2c(s1)CN(C(=O)c1cc3ccccc3o1)CC2. The summed E-state index contributed by atoms with van der Waals surface area (Å²) in [5.74, 6) is 0.0916. The van der Waals surface area contributed by atoms with Gasteiger partial charge in [-0.3, -0.25) is 9.59 Å². The lowest BCUT2D eigenvalue weighted by Crippen LogP contribution is -2.35. The van der Waals surface area contributed by atoms with Gasteiger partial charge < -0.3 is 14.6 Å². The van der Waals surface area contributed by atoms with Gasteiger partial charge in [-0.2, -0.15) is 0 Å². The maximum Gasteiger partial charge on any atom is 0.289 e. The van der Waals surface area contributed by atoms with Crippen LogP contribution in [0.5, 0.6) is 0 Å². The largest absolute Gasteiger partial charge is 0.451 e. The van der Waals surface area contributed by atoms with Gasteiger partial charge in [0.2, 0.25) is 5.91 Å². The Labute approximate surface area is 142 Å². The number of fused-ring (bicyclic) bond motifs is 2. The summed E-state index contributed by atoms with van der Waals surface area (Å²) in [4.78, 5) is 31.0. The van der Waals surface area contributed by atoms with Crippen molar-refractivity contribution in [2.75, 3.05) is 11.9 Å². The lowest BCUT2D eigenvalue weighted by molar-refractivity contribution is -0.114. The van der Waals surface area contributed by atoms with Gasteiger partial charge in [-0.1, -0.05) is 29.5 Å². The number of para-hydroxylation sites is 1. The zero-order chi connectivity index (χ0) is 16.7. The van der Waals surface area contributed by atoms with Crippen LogP contribution in [0.4, 0.5) is 5.13 Å². The summed E-state index contributed by atoms with van der Waals surface area (Å²) in [6.07, 6.45) is 0.678. The summed E-state index contributed by atoms with van der Waals surface area (Å²) >= 11 is 1.42. The van der Waals surface area contributed by atoms with Crippen LogP contribution in [-0.2, 0) is 17.8 Å². The van der Waals surface area contributed by atoms with Crippen molar-refractivity contribution in [3.8, 4) is 0 Å². The van der Waals surface area contributed by atoms with Crippen molar-refractivity contribution in [2.24, 2.45) is 0 Å². The molecule has 0 saturated heterocycles. The molecule has 2 amide bonds. The Bertz CT molecular complexity index is 911. The standard InChI is InChI=1S/C17H15N3O3S/c1-10(21)18-17-19-12-6-7-20(9-15(12)24-17)16(22)14-8-11-4-2-3-5-13(11)23-14/h2-5,8H,6-7,9H2,1H3,(H,18,19,21). The molecule has 122 valence electrons. The third-order valence-electron chi connectivity index (χ3n) is 3.94. The molecule has 1 aliphatic heterocycles. The first kappa shape index (κ1) is 14.9. The number of rotatable bonds is 2. The van der Waals surface area contributed by atoms with E-state index in [1.54, 1.807) is 11.0 Å². The zero-order valence-corrected chi connectivity index (χ0v) is 13.9. The van der Waals surface area contributed by atoms with Crippen LogP contribution in [0, 0.1) is 0 Å². The molecule has 6 nitrogen and oxygen atoms in total. The smallest absolute Gasteiger partial charge is 0.289 e. The highest BCUT2D eigenvalue weighted by atomic mass is 32.1. The summed E-state index contributed by atoms with van der Waals surface area (Å²) in [5, 5.41) is 4.21. The molecule has 0 unspecified atom stereocenters. The number of hydrogen-bond donors (Lipinski definition) is 1. The summed E-state index contributed by atoms with van der Waals surface area (Å²) < 4.78 is 5.67. The van der Waals surface area contributed by atoms with Gasteiger partial charge in [-0.15, -0.1) is 0 Å². The second-order valence-corrected chi connectivity index (χ2v) is 6.78. The van der Waals surface area contributed by atoms with Crippen molar-refractivity contribution < 1.29 is 14.0 Å². The molecule has 1 N–H and O–H groups in total. The van der Waals surface area contributed by atoms with E-state index in [1.165, 1.54) is 18.3 Å². The molecule has 0 saturated carbocycles. The van der Waals surface area contributed by atoms with Crippen LogP contribution in [0.2, 0.25) is 0 Å². The number of carbonyl (C=O) groups excluding carboxylic acids is 2. The zero-order valence-electron chi connectivity index (χ0n) is 13.0. The molecule has 0 atom stereocenters. The van der Waals surface area contributed by atoms with Crippen molar-refractivity contribution in [2.45, 2.75) is 19.9 Å². The monoisotopic (exact) mass is 341 g/mol. The van der Waals surface area contributed by atoms with E-state index < -0.39 is 0 Å². The topological polar surface area (TPSA) is 75.4 Å². The van der Waals surface area contributed by atoms with Gasteiger partial charge in [0.25, 0.3) is 5.91 Å². The fourth-order valence-corrected chi connectivity index (χ4v) is 3.89. The first-order chi connectivity index (χ1) is 11.6. The van der Waals surface area contributed by atoms with Crippen molar-refractivity contribution in [1.82, 2.24) is 9.88 Å². The Morgan fingerprint density at radius 2 is 2.17 bits per heavy atom. The number of aromatic nitrogens is 1. The fraction of sp³-hybridized carbons (Fsp3) is 0.235. The van der Waals surface area contributed by atoms with Gasteiger partial charge in [0.05, 0.1) is 12.2 Å². The molecule has 0 aliphatic carbocycles. The Balaban J connectivity index is 1.56. The predicted molar refractivity (Wildman–Crippen MR) is 91.1 cm³/mol. The number of amides is 2. The highest BCUT2D eigenvalue weighted by molar-refractivity contribution is 7.15. The molecule has 7 heteroatoms. The fourth-order valence-electron chi connectivity index (χ4n) is 2.82. The minimum Gasteiger partial charge on any atom is -0.451 e. The molecule has 24 heavy (non-hydrogen) atoms. The van der Waals surface area contributed by atoms with Crippen LogP contribution in [0.25, 0.3) is 11.0 Å². The Morgan fingerprint density at radius 1 is 1.33 bits per heavy atom. The average molecular weight is 341 g/mol. The first-order valence-corrected chi connectivity index (χ1v) is 8.46. The normalized spacial score (nSPS) is 13.8. The number of thiazole rings is 1. The van der Waals surface area contributed by atoms with Crippen LogP contribution in [0.3, 0.4) is 0 Å². The Kier molecular flexibility index (Phi) is 3.57. The molecule has 0 bridgehead atoms. The summed E-state index contributed by atoms with van der Waals surface area (Å²) in [6.45, 7) is 2.53. The maximum absolute atomic E-state index is 12.7. The van der Waals surface area contributed by atoms with Crippen molar-refractivity contribution in [1.29, 1.82) is 0 Å². The molecule has 1 aliphatic rings.